The lowest BCUT2D eigenvalue weighted by atomic mass is 10.1. The molecule has 0 aliphatic rings. The van der Waals surface area contributed by atoms with Crippen LogP contribution in [-0.2, 0) is 6.18 Å². The van der Waals surface area contributed by atoms with E-state index in [2.05, 4.69) is 20.6 Å². The fraction of sp³-hybridized carbons (Fsp3) is 0.500. The molecule has 0 atom stereocenters. The molecule has 6 nitrogen and oxygen atoms in total. The molecule has 0 aromatic carbocycles. The molecule has 0 radical (unpaired) electrons. The maximum atomic E-state index is 13.6. The second-order valence-corrected chi connectivity index (χ2v) is 9.04. The van der Waals surface area contributed by atoms with Gasteiger partial charge in [-0.15, -0.1) is 11.3 Å². The van der Waals surface area contributed by atoms with E-state index in [4.69, 9.17) is 0 Å². The van der Waals surface area contributed by atoms with Crippen LogP contribution in [0, 0.1) is 0 Å². The fourth-order valence-electron chi connectivity index (χ4n) is 2.21. The van der Waals surface area contributed by atoms with Crippen LogP contribution in [-0.4, -0.2) is 38.7 Å². The van der Waals surface area contributed by atoms with E-state index >= 15 is 0 Å². The van der Waals surface area contributed by atoms with E-state index < -0.39 is 28.8 Å². The number of halogens is 3. The van der Waals surface area contributed by atoms with Crippen molar-refractivity contribution in [2.75, 3.05) is 11.9 Å². The van der Waals surface area contributed by atoms with E-state index in [1.165, 1.54) is 20.0 Å². The third kappa shape index (κ3) is 6.16. The first-order valence-corrected chi connectivity index (χ1v) is 9.29. The summed E-state index contributed by atoms with van der Waals surface area (Å²) in [5, 5.41) is 15.1. The molecule has 0 aliphatic heterocycles. The SMILES string of the molecule is CC(C)(O)CNC(=O)c1ncc(-c2cnc(NC(C)(C)C)cc2C(F)(F)F)s1. The van der Waals surface area contributed by atoms with Crippen LogP contribution >= 0.6 is 11.3 Å². The molecule has 2 rings (SSSR count). The molecule has 1 amide bonds. The molecule has 0 saturated carbocycles. The molecule has 0 bridgehead atoms. The molecule has 3 N–H and O–H groups in total. The molecule has 28 heavy (non-hydrogen) atoms. The Morgan fingerprint density at radius 1 is 1.14 bits per heavy atom. The largest absolute Gasteiger partial charge is 0.417 e. The van der Waals surface area contributed by atoms with Gasteiger partial charge in [-0.05, 0) is 40.7 Å². The average molecular weight is 416 g/mol. The smallest absolute Gasteiger partial charge is 0.389 e. The Kier molecular flexibility index (Phi) is 6.05. The summed E-state index contributed by atoms with van der Waals surface area (Å²) >= 11 is 0.829. The van der Waals surface area contributed by atoms with Crippen LogP contribution in [0.3, 0.4) is 0 Å². The molecular formula is C18H23F3N4O2S. The molecule has 2 aromatic heterocycles. The third-order valence-electron chi connectivity index (χ3n) is 3.36. The van der Waals surface area contributed by atoms with Crippen molar-refractivity contribution in [2.45, 2.75) is 51.9 Å². The van der Waals surface area contributed by atoms with Crippen LogP contribution in [0.4, 0.5) is 19.0 Å². The monoisotopic (exact) mass is 416 g/mol. The van der Waals surface area contributed by atoms with Crippen molar-refractivity contribution >= 4 is 23.1 Å². The van der Waals surface area contributed by atoms with Gasteiger partial charge in [0.25, 0.3) is 5.91 Å². The number of thiazole rings is 1. The molecule has 10 heteroatoms. The van der Waals surface area contributed by atoms with Crippen LogP contribution < -0.4 is 10.6 Å². The minimum atomic E-state index is -4.60. The zero-order valence-electron chi connectivity index (χ0n) is 16.2. The number of anilines is 1. The molecule has 0 unspecified atom stereocenters. The van der Waals surface area contributed by atoms with Crippen LogP contribution in [0.2, 0.25) is 0 Å². The zero-order valence-corrected chi connectivity index (χ0v) is 17.0. The molecule has 0 spiro atoms. The first-order valence-electron chi connectivity index (χ1n) is 8.48. The lowest BCUT2D eigenvalue weighted by Gasteiger charge is -2.22. The predicted molar refractivity (Wildman–Crippen MR) is 102 cm³/mol. The van der Waals surface area contributed by atoms with Gasteiger partial charge < -0.3 is 15.7 Å². The van der Waals surface area contributed by atoms with Gasteiger partial charge in [-0.1, -0.05) is 0 Å². The average Bonchev–Trinajstić information content (AvgIpc) is 2.99. The van der Waals surface area contributed by atoms with Gasteiger partial charge in [0.1, 0.15) is 5.82 Å². The van der Waals surface area contributed by atoms with Crippen LogP contribution in [0.5, 0.6) is 0 Å². The highest BCUT2D eigenvalue weighted by Crippen LogP contribution is 2.39. The van der Waals surface area contributed by atoms with Crippen LogP contribution in [0.15, 0.2) is 18.5 Å². The lowest BCUT2D eigenvalue weighted by molar-refractivity contribution is -0.137. The Hall–Kier alpha value is -2.20. The molecule has 0 fully saturated rings. The predicted octanol–water partition coefficient (Wildman–Crippen LogP) is 3.94. The highest BCUT2D eigenvalue weighted by Gasteiger charge is 2.35. The molecule has 0 aliphatic carbocycles. The van der Waals surface area contributed by atoms with E-state index in [0.29, 0.717) is 0 Å². The lowest BCUT2D eigenvalue weighted by Crippen LogP contribution is -2.38. The standard InChI is InChI=1S/C18H23F3N4O2S/c1-16(2,3)25-13-6-11(18(19,20)21)10(7-22-13)12-8-23-15(28-12)14(26)24-9-17(4,5)27/h6-8,27H,9H2,1-5H3,(H,22,25)(H,24,26). The molecule has 2 aromatic rings. The highest BCUT2D eigenvalue weighted by atomic mass is 32.1. The van der Waals surface area contributed by atoms with Gasteiger partial charge in [-0.2, -0.15) is 13.2 Å². The van der Waals surface area contributed by atoms with Crippen molar-refractivity contribution in [1.82, 2.24) is 15.3 Å². The number of rotatable bonds is 5. The Morgan fingerprint density at radius 3 is 2.32 bits per heavy atom. The third-order valence-corrected chi connectivity index (χ3v) is 4.39. The van der Waals surface area contributed by atoms with Crippen LogP contribution in [0.25, 0.3) is 10.4 Å². The van der Waals surface area contributed by atoms with Crippen molar-refractivity contribution in [2.24, 2.45) is 0 Å². The maximum absolute atomic E-state index is 13.6. The number of aliphatic hydroxyl groups is 1. The molecule has 2 heterocycles. The maximum Gasteiger partial charge on any atom is 0.417 e. The summed E-state index contributed by atoms with van der Waals surface area (Å²) in [5.41, 5.74) is -2.57. The first-order chi connectivity index (χ1) is 12.7. The van der Waals surface area contributed by atoms with E-state index in [1.807, 2.05) is 20.8 Å². The summed E-state index contributed by atoms with van der Waals surface area (Å²) in [6, 6.07) is 0.953. The van der Waals surface area contributed by atoms with Gasteiger partial charge in [0.05, 0.1) is 16.0 Å². The quantitative estimate of drug-likeness (QED) is 0.687. The fourth-order valence-corrected chi connectivity index (χ4v) is 3.07. The van der Waals surface area contributed by atoms with E-state index in [0.717, 1.165) is 23.6 Å². The summed E-state index contributed by atoms with van der Waals surface area (Å²) in [5.74, 6) is -0.456. The number of nitrogens with zero attached hydrogens (tertiary/aromatic N) is 2. The van der Waals surface area contributed by atoms with Crippen LogP contribution in [0.1, 0.15) is 50.0 Å². The summed E-state index contributed by atoms with van der Waals surface area (Å²) in [7, 11) is 0. The first kappa shape index (κ1) is 22.1. The van der Waals surface area contributed by atoms with Crippen molar-refractivity contribution < 1.29 is 23.1 Å². The Bertz CT molecular complexity index is 852. The summed E-state index contributed by atoms with van der Waals surface area (Å²) < 4.78 is 40.8. The summed E-state index contributed by atoms with van der Waals surface area (Å²) in [6.07, 6.45) is -2.25. The Labute approximate surface area is 165 Å². The topological polar surface area (TPSA) is 87.1 Å². The second kappa shape index (κ2) is 7.67. The minimum Gasteiger partial charge on any atom is -0.389 e. The molecular weight excluding hydrogens is 393 g/mol. The second-order valence-electron chi connectivity index (χ2n) is 8.01. The Morgan fingerprint density at radius 2 is 1.79 bits per heavy atom. The van der Waals surface area contributed by atoms with Gasteiger partial charge >= 0.3 is 6.18 Å². The number of aromatic nitrogens is 2. The number of pyridine rings is 1. The van der Waals surface area contributed by atoms with E-state index in [1.54, 1.807) is 0 Å². The van der Waals surface area contributed by atoms with Gasteiger partial charge in [0, 0.05) is 30.0 Å². The van der Waals surface area contributed by atoms with Gasteiger partial charge in [-0.25, -0.2) is 9.97 Å². The van der Waals surface area contributed by atoms with Gasteiger partial charge in [0.15, 0.2) is 5.01 Å². The zero-order chi connectivity index (χ0) is 21.3. The number of nitrogens with one attached hydrogen (secondary N) is 2. The van der Waals surface area contributed by atoms with Gasteiger partial charge in [0.2, 0.25) is 0 Å². The summed E-state index contributed by atoms with van der Waals surface area (Å²) in [6.45, 7) is 8.49. The van der Waals surface area contributed by atoms with Gasteiger partial charge in [-0.3, -0.25) is 4.79 Å². The number of hydrogen-bond acceptors (Lipinski definition) is 6. The number of carbonyl (C=O) groups is 1. The minimum absolute atomic E-state index is 0.00395. The number of alkyl halides is 3. The normalized spacial score (nSPS) is 12.8. The molecule has 0 saturated heterocycles. The van der Waals surface area contributed by atoms with E-state index in [-0.39, 0.29) is 27.8 Å². The van der Waals surface area contributed by atoms with Crippen molar-refractivity contribution in [1.29, 1.82) is 0 Å². The molecule has 154 valence electrons. The Balaban J connectivity index is 2.35. The van der Waals surface area contributed by atoms with E-state index in [9.17, 15) is 23.1 Å². The van der Waals surface area contributed by atoms with Crippen molar-refractivity contribution in [3.05, 3.63) is 29.0 Å². The van der Waals surface area contributed by atoms with Crippen molar-refractivity contribution in [3.8, 4) is 10.4 Å². The number of amides is 1. The summed E-state index contributed by atoms with van der Waals surface area (Å²) in [4.78, 5) is 20.3. The van der Waals surface area contributed by atoms with Crippen molar-refractivity contribution in [3.63, 3.8) is 0 Å². The number of hydrogen-bond donors (Lipinski definition) is 3. The highest BCUT2D eigenvalue weighted by molar-refractivity contribution is 7.17. The number of carbonyl (C=O) groups excluding carboxylic acids is 1.